The second-order valence-corrected chi connectivity index (χ2v) is 7.46. The first-order chi connectivity index (χ1) is 17.0. The molecule has 0 fully saturated rings. The van der Waals surface area contributed by atoms with Gasteiger partial charge in [0.2, 0.25) is 11.6 Å². The largest absolute Gasteiger partial charge is 0.490 e. The van der Waals surface area contributed by atoms with Crippen LogP contribution in [0.1, 0.15) is 39.8 Å². The maximum absolute atomic E-state index is 12.7. The molecule has 3 N–H and O–H groups in total. The average molecular weight is 476 g/mol. The third-order valence-electron chi connectivity index (χ3n) is 5.04. The van der Waals surface area contributed by atoms with Gasteiger partial charge in [0.05, 0.1) is 18.5 Å². The van der Waals surface area contributed by atoms with Crippen molar-refractivity contribution >= 4 is 17.9 Å². The minimum absolute atomic E-state index is 0.0272. The lowest BCUT2D eigenvalue weighted by Gasteiger charge is -2.13. The van der Waals surface area contributed by atoms with Crippen LogP contribution in [0.2, 0.25) is 0 Å². The van der Waals surface area contributed by atoms with E-state index >= 15 is 0 Å². The van der Waals surface area contributed by atoms with E-state index in [0.29, 0.717) is 36.0 Å². The number of anilines is 1. The van der Waals surface area contributed by atoms with E-state index in [1.807, 2.05) is 44.2 Å². The lowest BCUT2D eigenvalue weighted by molar-refractivity contribution is 0.0946. The van der Waals surface area contributed by atoms with Crippen LogP contribution in [0.5, 0.6) is 11.5 Å². The Morgan fingerprint density at radius 2 is 2.00 bits per heavy atom. The van der Waals surface area contributed by atoms with Gasteiger partial charge >= 0.3 is 0 Å². The summed E-state index contributed by atoms with van der Waals surface area (Å²) in [6, 6.07) is 13.4. The molecule has 0 atom stereocenters. The maximum atomic E-state index is 12.7. The molecule has 0 aliphatic heterocycles. The highest BCUT2D eigenvalue weighted by molar-refractivity contribution is 5.94. The lowest BCUT2D eigenvalue weighted by Crippen LogP contribution is -2.22. The molecule has 0 aliphatic carbocycles. The number of hydrogen-bond donors (Lipinski definition) is 2. The predicted molar refractivity (Wildman–Crippen MR) is 127 cm³/mol. The summed E-state index contributed by atoms with van der Waals surface area (Å²) in [4.78, 5) is 12.7. The first kappa shape index (κ1) is 23.4. The molecule has 0 saturated heterocycles. The van der Waals surface area contributed by atoms with Crippen LogP contribution in [-0.2, 0) is 6.61 Å². The molecule has 12 nitrogen and oxygen atoms in total. The Morgan fingerprint density at radius 3 is 2.74 bits per heavy atom. The first-order valence-electron chi connectivity index (χ1n) is 10.8. The van der Waals surface area contributed by atoms with Gasteiger partial charge in [-0.15, -0.1) is 5.10 Å². The minimum Gasteiger partial charge on any atom is -0.490 e. The van der Waals surface area contributed by atoms with Gasteiger partial charge in [0.1, 0.15) is 6.61 Å². The van der Waals surface area contributed by atoms with Crippen molar-refractivity contribution in [1.82, 2.24) is 30.7 Å². The van der Waals surface area contributed by atoms with Gasteiger partial charge in [-0.05, 0) is 66.0 Å². The Balaban J connectivity index is 1.46. The van der Waals surface area contributed by atoms with Gasteiger partial charge in [-0.25, -0.2) is 10.1 Å². The van der Waals surface area contributed by atoms with Crippen molar-refractivity contribution in [3.63, 3.8) is 0 Å². The highest BCUT2D eigenvalue weighted by atomic mass is 16.6. The number of carbonyl (C=O) groups excluding carboxylic acids is 1. The van der Waals surface area contributed by atoms with E-state index in [9.17, 15) is 4.79 Å². The molecule has 2 aromatic carbocycles. The molecule has 4 aromatic rings. The summed E-state index contributed by atoms with van der Waals surface area (Å²) in [5.74, 6) is 0.654. The minimum atomic E-state index is -0.561. The molecule has 0 spiro atoms. The predicted octanol–water partition coefficient (Wildman–Crippen LogP) is 2.59. The van der Waals surface area contributed by atoms with E-state index in [1.165, 1.54) is 6.21 Å². The second-order valence-electron chi connectivity index (χ2n) is 7.46. The number of hydrogen-bond acceptors (Lipinski definition) is 10. The zero-order valence-electron chi connectivity index (χ0n) is 19.4. The fourth-order valence-corrected chi connectivity index (χ4v) is 3.24. The normalized spacial score (nSPS) is 11.1. The quantitative estimate of drug-likeness (QED) is 0.274. The van der Waals surface area contributed by atoms with Crippen LogP contribution in [0.15, 0.2) is 52.2 Å². The molecule has 2 aromatic heterocycles. The van der Waals surface area contributed by atoms with E-state index in [1.54, 1.807) is 19.1 Å². The fraction of sp³-hybridized carbons (Fsp3) is 0.217. The standard InChI is InChI=1S/C23H24N8O4/c1-4-33-19-11-16(9-10-18(19)34-13-17-8-6-5-7-14(17)2)12-25-27-23(32)20-15(3)26-30-31(20)22-21(24)28-35-29-22/h5-12H,4,13H2,1-3H3,(H2,24,28)(H,27,32). The zero-order valence-corrected chi connectivity index (χ0v) is 19.4. The molecule has 12 heteroatoms. The molecule has 180 valence electrons. The first-order valence-corrected chi connectivity index (χ1v) is 10.8. The molecule has 0 aliphatic rings. The number of hydrazone groups is 1. The van der Waals surface area contributed by atoms with Crippen molar-refractivity contribution in [1.29, 1.82) is 0 Å². The summed E-state index contributed by atoms with van der Waals surface area (Å²) in [6.45, 7) is 6.44. The average Bonchev–Trinajstić information content (AvgIpc) is 3.44. The zero-order chi connectivity index (χ0) is 24.8. The van der Waals surface area contributed by atoms with Crippen LogP contribution in [0.4, 0.5) is 5.82 Å². The maximum Gasteiger partial charge on any atom is 0.292 e. The number of aryl methyl sites for hydroxylation is 2. The van der Waals surface area contributed by atoms with Gasteiger partial charge in [0.25, 0.3) is 5.91 Å². The van der Waals surface area contributed by atoms with E-state index in [-0.39, 0.29) is 17.3 Å². The molecular formula is C23H24N8O4. The second kappa shape index (κ2) is 10.5. The van der Waals surface area contributed by atoms with Gasteiger partial charge in [-0.1, -0.05) is 29.5 Å². The van der Waals surface area contributed by atoms with Gasteiger partial charge in [0.15, 0.2) is 17.2 Å². The Labute approximate surface area is 200 Å². The molecular weight excluding hydrogens is 452 g/mol. The number of nitrogen functional groups attached to an aromatic ring is 1. The van der Waals surface area contributed by atoms with Gasteiger partial charge in [0, 0.05) is 0 Å². The van der Waals surface area contributed by atoms with E-state index in [4.69, 9.17) is 15.2 Å². The number of amides is 1. The molecule has 0 bridgehead atoms. The fourth-order valence-electron chi connectivity index (χ4n) is 3.24. The number of nitrogens with zero attached hydrogens (tertiary/aromatic N) is 6. The molecule has 0 unspecified atom stereocenters. The van der Waals surface area contributed by atoms with Crippen molar-refractivity contribution in [2.75, 3.05) is 12.3 Å². The molecule has 2 heterocycles. The van der Waals surface area contributed by atoms with Crippen molar-refractivity contribution < 1.29 is 18.9 Å². The third-order valence-corrected chi connectivity index (χ3v) is 5.04. The number of ether oxygens (including phenoxy) is 2. The number of rotatable bonds is 9. The highest BCUT2D eigenvalue weighted by Crippen LogP contribution is 2.29. The van der Waals surface area contributed by atoms with Crippen LogP contribution in [-0.4, -0.2) is 44.0 Å². The summed E-state index contributed by atoms with van der Waals surface area (Å²) in [5.41, 5.74) is 11.6. The van der Waals surface area contributed by atoms with Crippen molar-refractivity contribution in [2.24, 2.45) is 5.10 Å². The molecule has 0 radical (unpaired) electrons. The Kier molecular flexibility index (Phi) is 7.00. The summed E-state index contributed by atoms with van der Waals surface area (Å²) < 4.78 is 17.4. The van der Waals surface area contributed by atoms with Crippen LogP contribution >= 0.6 is 0 Å². The Hall–Kier alpha value is -4.74. The summed E-state index contributed by atoms with van der Waals surface area (Å²) in [7, 11) is 0. The molecule has 0 saturated carbocycles. The van der Waals surface area contributed by atoms with Crippen molar-refractivity contribution in [3.05, 3.63) is 70.5 Å². The van der Waals surface area contributed by atoms with Crippen LogP contribution < -0.4 is 20.6 Å². The van der Waals surface area contributed by atoms with Crippen LogP contribution in [0.25, 0.3) is 5.82 Å². The molecule has 1 amide bonds. The number of aromatic nitrogens is 5. The molecule has 35 heavy (non-hydrogen) atoms. The number of benzene rings is 2. The van der Waals surface area contributed by atoms with Crippen LogP contribution in [0, 0.1) is 13.8 Å². The number of nitrogens with one attached hydrogen (secondary N) is 1. The Morgan fingerprint density at radius 1 is 1.17 bits per heavy atom. The third kappa shape index (κ3) is 5.27. The monoisotopic (exact) mass is 476 g/mol. The summed E-state index contributed by atoms with van der Waals surface area (Å²) >= 11 is 0. The van der Waals surface area contributed by atoms with Gasteiger partial charge in [-0.2, -0.15) is 9.78 Å². The van der Waals surface area contributed by atoms with Gasteiger partial charge < -0.3 is 15.2 Å². The molecule has 4 rings (SSSR count). The SMILES string of the molecule is CCOc1cc(C=NNC(=O)c2c(C)nnn2-c2nonc2N)ccc1OCc1ccccc1C. The smallest absolute Gasteiger partial charge is 0.292 e. The van der Waals surface area contributed by atoms with E-state index in [2.05, 4.69) is 35.8 Å². The topological polar surface area (TPSA) is 156 Å². The summed E-state index contributed by atoms with van der Waals surface area (Å²) in [5, 5.41) is 18.9. The van der Waals surface area contributed by atoms with Gasteiger partial charge in [-0.3, -0.25) is 4.79 Å². The van der Waals surface area contributed by atoms with Crippen LogP contribution in [0.3, 0.4) is 0 Å². The lowest BCUT2D eigenvalue weighted by atomic mass is 10.1. The highest BCUT2D eigenvalue weighted by Gasteiger charge is 2.22. The van der Waals surface area contributed by atoms with E-state index < -0.39 is 5.91 Å². The number of nitrogens with two attached hydrogens (primary N) is 1. The Bertz CT molecular complexity index is 1360. The van der Waals surface area contributed by atoms with Crippen molar-refractivity contribution in [3.8, 4) is 17.3 Å². The number of carbonyl (C=O) groups is 1. The summed E-state index contributed by atoms with van der Waals surface area (Å²) in [6.07, 6.45) is 1.49. The van der Waals surface area contributed by atoms with Crippen molar-refractivity contribution in [2.45, 2.75) is 27.4 Å². The van der Waals surface area contributed by atoms with E-state index in [0.717, 1.165) is 15.8 Å².